The summed E-state index contributed by atoms with van der Waals surface area (Å²) in [7, 11) is 0. The number of fused-ring (bicyclic) bond motifs is 1. The van der Waals surface area contributed by atoms with E-state index in [9.17, 15) is 14.4 Å². The second-order valence-corrected chi connectivity index (χ2v) is 7.31. The van der Waals surface area contributed by atoms with Crippen molar-refractivity contribution in [3.05, 3.63) is 54.1 Å². The minimum Gasteiger partial charge on any atom is -0.494 e. The minimum absolute atomic E-state index is 0.157. The van der Waals surface area contributed by atoms with Gasteiger partial charge in [0.1, 0.15) is 5.75 Å². The Labute approximate surface area is 176 Å². The Morgan fingerprint density at radius 2 is 1.97 bits per heavy atom. The Morgan fingerprint density at radius 1 is 1.17 bits per heavy atom. The summed E-state index contributed by atoms with van der Waals surface area (Å²) in [5.74, 6) is -0.219. The van der Waals surface area contributed by atoms with Gasteiger partial charge in [-0.05, 0) is 50.1 Å². The van der Waals surface area contributed by atoms with E-state index in [-0.39, 0.29) is 37.3 Å². The molecule has 2 amide bonds. The standard InChI is InChI=1S/C23H26N2O5/c1-16-7-5-8-18(13-16)29-12-6-11-23(28)30-15-22(27)25-17(2)14-21(26)24-19-9-3-4-10-20(19)25/h3-5,7-10,13,17H,6,11-12,14-15H2,1-2H3,(H,24,26)/t17-/m1/s1. The average Bonchev–Trinajstić information content (AvgIpc) is 2.83. The lowest BCUT2D eigenvalue weighted by Gasteiger charge is -2.27. The van der Waals surface area contributed by atoms with Gasteiger partial charge in [0.05, 0.1) is 18.0 Å². The van der Waals surface area contributed by atoms with Crippen LogP contribution in [-0.4, -0.2) is 37.0 Å². The highest BCUT2D eigenvalue weighted by Crippen LogP contribution is 2.31. The highest BCUT2D eigenvalue weighted by molar-refractivity contribution is 6.05. The Morgan fingerprint density at radius 3 is 2.77 bits per heavy atom. The van der Waals surface area contributed by atoms with Crippen LogP contribution in [0.3, 0.4) is 0 Å². The maximum atomic E-state index is 12.8. The third kappa shape index (κ3) is 5.59. The molecule has 0 aromatic heterocycles. The van der Waals surface area contributed by atoms with E-state index in [1.165, 1.54) is 4.90 Å². The third-order valence-electron chi connectivity index (χ3n) is 4.77. The number of nitrogens with one attached hydrogen (secondary N) is 1. The first-order valence-electron chi connectivity index (χ1n) is 10.00. The number of carbonyl (C=O) groups is 3. The van der Waals surface area contributed by atoms with E-state index < -0.39 is 5.97 Å². The first kappa shape index (κ1) is 21.4. The minimum atomic E-state index is -0.457. The van der Waals surface area contributed by atoms with Crippen molar-refractivity contribution in [2.24, 2.45) is 0 Å². The summed E-state index contributed by atoms with van der Waals surface area (Å²) >= 11 is 0. The second kappa shape index (κ2) is 9.91. The molecule has 0 saturated carbocycles. The molecule has 0 aliphatic carbocycles. The number of hydrogen-bond donors (Lipinski definition) is 1. The molecule has 30 heavy (non-hydrogen) atoms. The van der Waals surface area contributed by atoms with E-state index in [1.807, 2.05) is 31.2 Å². The molecule has 3 rings (SSSR count). The van der Waals surface area contributed by atoms with Gasteiger partial charge in [-0.25, -0.2) is 0 Å². The lowest BCUT2D eigenvalue weighted by Crippen LogP contribution is -2.41. The highest BCUT2D eigenvalue weighted by atomic mass is 16.5. The van der Waals surface area contributed by atoms with Crippen molar-refractivity contribution < 1.29 is 23.9 Å². The summed E-state index contributed by atoms with van der Waals surface area (Å²) in [4.78, 5) is 38.3. The zero-order valence-corrected chi connectivity index (χ0v) is 17.2. The van der Waals surface area contributed by atoms with Crippen LogP contribution in [0, 0.1) is 6.92 Å². The van der Waals surface area contributed by atoms with E-state index in [2.05, 4.69) is 5.32 Å². The van der Waals surface area contributed by atoms with E-state index in [0.29, 0.717) is 24.4 Å². The van der Waals surface area contributed by atoms with E-state index >= 15 is 0 Å². The average molecular weight is 410 g/mol. The molecule has 1 heterocycles. The van der Waals surface area contributed by atoms with Gasteiger partial charge in [-0.2, -0.15) is 0 Å². The fraction of sp³-hybridized carbons (Fsp3) is 0.348. The normalized spacial score (nSPS) is 15.6. The van der Waals surface area contributed by atoms with Crippen molar-refractivity contribution in [1.29, 1.82) is 0 Å². The van der Waals surface area contributed by atoms with E-state index in [0.717, 1.165) is 11.3 Å². The molecule has 1 aliphatic heterocycles. The molecule has 0 fully saturated rings. The smallest absolute Gasteiger partial charge is 0.306 e. The Hall–Kier alpha value is -3.35. The fourth-order valence-electron chi connectivity index (χ4n) is 3.36. The van der Waals surface area contributed by atoms with Crippen molar-refractivity contribution in [3.8, 4) is 5.75 Å². The molecule has 7 nitrogen and oxygen atoms in total. The van der Waals surface area contributed by atoms with Gasteiger partial charge < -0.3 is 19.7 Å². The molecule has 0 bridgehead atoms. The SMILES string of the molecule is Cc1cccc(OCCCC(=O)OCC(=O)N2c3ccccc3NC(=O)C[C@H]2C)c1. The number of amides is 2. The zero-order valence-electron chi connectivity index (χ0n) is 17.2. The largest absolute Gasteiger partial charge is 0.494 e. The quantitative estimate of drug-likeness (QED) is 0.558. The van der Waals surface area contributed by atoms with Gasteiger partial charge in [-0.3, -0.25) is 14.4 Å². The van der Waals surface area contributed by atoms with Crippen LogP contribution in [0.1, 0.15) is 31.7 Å². The Balaban J connectivity index is 1.48. The molecule has 0 spiro atoms. The number of esters is 1. The summed E-state index contributed by atoms with van der Waals surface area (Å²) in [5.41, 5.74) is 2.27. The number of para-hydroxylation sites is 2. The number of nitrogens with zero attached hydrogens (tertiary/aromatic N) is 1. The first-order valence-corrected chi connectivity index (χ1v) is 10.00. The van der Waals surface area contributed by atoms with Crippen LogP contribution in [-0.2, 0) is 19.1 Å². The summed E-state index contributed by atoms with van der Waals surface area (Å²) in [6.45, 7) is 3.79. The number of benzene rings is 2. The predicted octanol–water partition coefficient (Wildman–Crippen LogP) is 3.46. The maximum absolute atomic E-state index is 12.8. The number of ether oxygens (including phenoxy) is 2. The van der Waals surface area contributed by atoms with Crippen LogP contribution in [0.25, 0.3) is 0 Å². The molecule has 2 aromatic carbocycles. The van der Waals surface area contributed by atoms with Crippen LogP contribution in [0.4, 0.5) is 11.4 Å². The van der Waals surface area contributed by atoms with Gasteiger partial charge in [0.25, 0.3) is 5.91 Å². The van der Waals surface area contributed by atoms with E-state index in [4.69, 9.17) is 9.47 Å². The molecular formula is C23H26N2O5. The molecule has 1 atom stereocenters. The monoisotopic (exact) mass is 410 g/mol. The van der Waals surface area contributed by atoms with Gasteiger partial charge in [0, 0.05) is 18.9 Å². The topological polar surface area (TPSA) is 84.9 Å². The summed E-state index contributed by atoms with van der Waals surface area (Å²) in [5, 5.41) is 2.80. The maximum Gasteiger partial charge on any atom is 0.306 e. The molecule has 0 saturated heterocycles. The van der Waals surface area contributed by atoms with E-state index in [1.54, 1.807) is 31.2 Å². The number of anilines is 2. The highest BCUT2D eigenvalue weighted by Gasteiger charge is 2.29. The summed E-state index contributed by atoms with van der Waals surface area (Å²) in [6, 6.07) is 14.4. The zero-order chi connectivity index (χ0) is 21.5. The first-order chi connectivity index (χ1) is 14.4. The van der Waals surface area contributed by atoms with Gasteiger partial charge in [0.15, 0.2) is 6.61 Å². The van der Waals surface area contributed by atoms with Crippen molar-refractivity contribution in [3.63, 3.8) is 0 Å². The number of aryl methyl sites for hydroxylation is 1. The molecule has 1 aliphatic rings. The lowest BCUT2D eigenvalue weighted by molar-refractivity contribution is -0.148. The summed E-state index contributed by atoms with van der Waals surface area (Å²) in [6.07, 6.45) is 0.818. The van der Waals surface area contributed by atoms with Crippen molar-refractivity contribution in [2.75, 3.05) is 23.4 Å². The number of hydrogen-bond acceptors (Lipinski definition) is 5. The van der Waals surface area contributed by atoms with Crippen LogP contribution in [0.15, 0.2) is 48.5 Å². The number of rotatable bonds is 7. The predicted molar refractivity (Wildman–Crippen MR) is 114 cm³/mol. The fourth-order valence-corrected chi connectivity index (χ4v) is 3.36. The lowest BCUT2D eigenvalue weighted by atomic mass is 10.1. The molecule has 1 N–H and O–H groups in total. The Kier molecular flexibility index (Phi) is 7.06. The Bertz CT molecular complexity index is 927. The van der Waals surface area contributed by atoms with Crippen LogP contribution in [0.2, 0.25) is 0 Å². The van der Waals surface area contributed by atoms with Gasteiger partial charge in [-0.1, -0.05) is 24.3 Å². The molecule has 158 valence electrons. The second-order valence-electron chi connectivity index (χ2n) is 7.31. The molecule has 0 unspecified atom stereocenters. The van der Waals surface area contributed by atoms with Crippen molar-refractivity contribution in [1.82, 2.24) is 0 Å². The third-order valence-corrected chi connectivity index (χ3v) is 4.77. The molecule has 7 heteroatoms. The summed E-state index contributed by atoms with van der Waals surface area (Å²) < 4.78 is 10.8. The van der Waals surface area contributed by atoms with Gasteiger partial charge in [0.2, 0.25) is 5.91 Å². The molecular weight excluding hydrogens is 384 g/mol. The molecule has 2 aromatic rings. The van der Waals surface area contributed by atoms with Crippen molar-refractivity contribution in [2.45, 2.75) is 39.2 Å². The number of carbonyl (C=O) groups excluding carboxylic acids is 3. The van der Waals surface area contributed by atoms with Crippen LogP contribution < -0.4 is 15.0 Å². The van der Waals surface area contributed by atoms with Crippen LogP contribution >= 0.6 is 0 Å². The van der Waals surface area contributed by atoms with Crippen molar-refractivity contribution >= 4 is 29.2 Å². The van der Waals surface area contributed by atoms with Gasteiger partial charge >= 0.3 is 5.97 Å². The van der Waals surface area contributed by atoms with Crippen LogP contribution in [0.5, 0.6) is 5.75 Å². The molecule has 0 radical (unpaired) electrons. The van der Waals surface area contributed by atoms with Gasteiger partial charge in [-0.15, -0.1) is 0 Å².